The van der Waals surface area contributed by atoms with Crippen LogP contribution in [0, 0.1) is 5.92 Å². The number of esters is 1. The lowest BCUT2D eigenvalue weighted by atomic mass is 9.78. The fourth-order valence-corrected chi connectivity index (χ4v) is 4.57. The molecule has 1 fully saturated rings. The van der Waals surface area contributed by atoms with Gasteiger partial charge < -0.3 is 14.8 Å². The zero-order valence-corrected chi connectivity index (χ0v) is 15.2. The van der Waals surface area contributed by atoms with E-state index in [0.29, 0.717) is 5.57 Å². The van der Waals surface area contributed by atoms with Crippen LogP contribution < -0.4 is 0 Å². The first-order chi connectivity index (χ1) is 12.7. The van der Waals surface area contributed by atoms with E-state index < -0.39 is 5.97 Å². The van der Waals surface area contributed by atoms with Crippen LogP contribution in [0.15, 0.2) is 47.7 Å². The molecule has 26 heavy (non-hydrogen) atoms. The highest BCUT2D eigenvalue weighted by atomic mass is 16.5. The number of carbonyl (C=O) groups is 1. The molecule has 0 bridgehead atoms. The predicted molar refractivity (Wildman–Crippen MR) is 101 cm³/mol. The van der Waals surface area contributed by atoms with Gasteiger partial charge in [0.25, 0.3) is 0 Å². The van der Waals surface area contributed by atoms with Crippen molar-refractivity contribution in [1.82, 2.24) is 9.88 Å². The number of methoxy groups -OCH3 is 1. The molecule has 4 rings (SSSR count). The summed E-state index contributed by atoms with van der Waals surface area (Å²) in [6, 6.07) is 8.62. The second kappa shape index (κ2) is 6.65. The maximum absolute atomic E-state index is 12.2. The number of allylic oxidation sites excluding steroid dienone is 1. The van der Waals surface area contributed by atoms with Gasteiger partial charge in [0, 0.05) is 35.6 Å². The van der Waals surface area contributed by atoms with E-state index in [1.165, 1.54) is 29.3 Å². The van der Waals surface area contributed by atoms with Crippen LogP contribution in [0.4, 0.5) is 0 Å². The average Bonchev–Trinajstić information content (AvgIpc) is 3.07. The van der Waals surface area contributed by atoms with Crippen molar-refractivity contribution in [2.45, 2.75) is 25.8 Å². The third kappa shape index (κ3) is 2.54. The Kier molecular flexibility index (Phi) is 4.32. The number of hydrogen-bond acceptors (Lipinski definition) is 4. The Hall–Kier alpha value is -2.53. The maximum atomic E-state index is 12.2. The third-order valence-electron chi connectivity index (χ3n) is 5.87. The maximum Gasteiger partial charge on any atom is 0.337 e. The van der Waals surface area contributed by atoms with Gasteiger partial charge in [0.2, 0.25) is 0 Å². The molecule has 2 aliphatic rings. The second-order valence-electron chi connectivity index (χ2n) is 7.03. The van der Waals surface area contributed by atoms with Gasteiger partial charge in [-0.05, 0) is 31.4 Å². The van der Waals surface area contributed by atoms with Gasteiger partial charge in [-0.3, -0.25) is 4.90 Å². The minimum Gasteiger partial charge on any atom is -0.515 e. The van der Waals surface area contributed by atoms with Crippen LogP contribution in [-0.4, -0.2) is 41.2 Å². The van der Waals surface area contributed by atoms with Gasteiger partial charge in [-0.25, -0.2) is 4.79 Å². The van der Waals surface area contributed by atoms with E-state index >= 15 is 0 Å². The van der Waals surface area contributed by atoms with Gasteiger partial charge in [0.1, 0.15) is 0 Å². The molecule has 1 aromatic heterocycles. The fourth-order valence-electron chi connectivity index (χ4n) is 4.57. The number of para-hydroxylation sites is 1. The number of ether oxygens (including phenoxy) is 1. The van der Waals surface area contributed by atoms with Crippen LogP contribution in [0.25, 0.3) is 10.9 Å². The molecule has 5 nitrogen and oxygen atoms in total. The van der Waals surface area contributed by atoms with Gasteiger partial charge in [0.05, 0.1) is 25.0 Å². The zero-order chi connectivity index (χ0) is 18.3. The standard InChI is InChI=1S/C21H24N2O3/c1-3-13-11-23-9-8-15-14-6-4-5-7-18(14)22-20(15)19(23)10-16(13)17(12-24)21(25)26-2/h3-7,12,16,19,22,24H,8-11H2,1-2H3. The summed E-state index contributed by atoms with van der Waals surface area (Å²) in [5.41, 5.74) is 5.30. The van der Waals surface area contributed by atoms with Crippen molar-refractivity contribution in [1.29, 1.82) is 0 Å². The van der Waals surface area contributed by atoms with Crippen molar-refractivity contribution in [3.05, 3.63) is 59.0 Å². The molecular formula is C21H24N2O3. The number of nitrogens with one attached hydrogen (secondary N) is 1. The molecule has 3 heterocycles. The van der Waals surface area contributed by atoms with Crippen molar-refractivity contribution >= 4 is 16.9 Å². The van der Waals surface area contributed by atoms with E-state index in [4.69, 9.17) is 4.74 Å². The molecule has 136 valence electrons. The first-order valence-corrected chi connectivity index (χ1v) is 9.09. The number of H-pyrrole nitrogens is 1. The van der Waals surface area contributed by atoms with Crippen molar-refractivity contribution in [3.63, 3.8) is 0 Å². The van der Waals surface area contributed by atoms with E-state index in [9.17, 15) is 9.90 Å². The number of piperidine rings is 1. The summed E-state index contributed by atoms with van der Waals surface area (Å²) < 4.78 is 4.89. The number of aromatic amines is 1. The molecule has 0 amide bonds. The van der Waals surface area contributed by atoms with Crippen molar-refractivity contribution in [2.24, 2.45) is 5.92 Å². The number of carbonyl (C=O) groups excluding carboxylic acids is 1. The minimum absolute atomic E-state index is 0.129. The number of rotatable bonds is 2. The summed E-state index contributed by atoms with van der Waals surface area (Å²) in [5, 5.41) is 11.0. The Labute approximate surface area is 153 Å². The summed E-state index contributed by atoms with van der Waals surface area (Å²) in [5.74, 6) is -0.589. The predicted octanol–water partition coefficient (Wildman–Crippen LogP) is 3.65. The Bertz CT molecular complexity index is 909. The number of aliphatic hydroxyl groups excluding tert-OH is 1. The van der Waals surface area contributed by atoms with Crippen LogP contribution in [0.2, 0.25) is 0 Å². The van der Waals surface area contributed by atoms with Crippen LogP contribution in [-0.2, 0) is 16.0 Å². The quantitative estimate of drug-likeness (QED) is 0.375. The first-order valence-electron chi connectivity index (χ1n) is 9.09. The summed E-state index contributed by atoms with van der Waals surface area (Å²) >= 11 is 0. The molecule has 0 saturated carbocycles. The molecule has 2 unspecified atom stereocenters. The minimum atomic E-state index is -0.460. The SMILES string of the molecule is CC=C1CN2CCc3c([nH]c4ccccc34)C2CC1C(=CO)C(=O)OC. The molecule has 2 aromatic rings. The van der Waals surface area contributed by atoms with Crippen LogP contribution in [0.5, 0.6) is 0 Å². The second-order valence-corrected chi connectivity index (χ2v) is 7.03. The Balaban J connectivity index is 1.75. The van der Waals surface area contributed by atoms with Gasteiger partial charge >= 0.3 is 5.97 Å². The highest BCUT2D eigenvalue weighted by molar-refractivity contribution is 5.89. The fraction of sp³-hybridized carbons (Fsp3) is 0.381. The van der Waals surface area contributed by atoms with Gasteiger partial charge in [-0.2, -0.15) is 0 Å². The molecule has 0 radical (unpaired) electrons. The van der Waals surface area contributed by atoms with E-state index in [-0.39, 0.29) is 12.0 Å². The van der Waals surface area contributed by atoms with Gasteiger partial charge in [-0.1, -0.05) is 29.8 Å². The Morgan fingerprint density at radius 2 is 2.19 bits per heavy atom. The summed E-state index contributed by atoms with van der Waals surface area (Å²) in [6.45, 7) is 3.79. The summed E-state index contributed by atoms with van der Waals surface area (Å²) in [4.78, 5) is 18.2. The molecular weight excluding hydrogens is 328 g/mol. The number of aromatic nitrogens is 1. The van der Waals surface area contributed by atoms with Crippen LogP contribution in [0.1, 0.15) is 30.6 Å². The summed E-state index contributed by atoms with van der Waals surface area (Å²) in [6.07, 6.45) is 4.76. The largest absolute Gasteiger partial charge is 0.515 e. The Morgan fingerprint density at radius 1 is 1.38 bits per heavy atom. The molecule has 1 saturated heterocycles. The lowest BCUT2D eigenvalue weighted by molar-refractivity contribution is -0.136. The van der Waals surface area contributed by atoms with Crippen LogP contribution in [0.3, 0.4) is 0 Å². The topological polar surface area (TPSA) is 65.6 Å². The molecule has 1 aromatic carbocycles. The van der Waals surface area contributed by atoms with E-state index in [1.54, 1.807) is 0 Å². The number of hydrogen-bond donors (Lipinski definition) is 2. The lowest BCUT2D eigenvalue weighted by Crippen LogP contribution is -2.43. The van der Waals surface area contributed by atoms with Crippen molar-refractivity contribution in [3.8, 4) is 0 Å². The molecule has 2 aliphatic heterocycles. The smallest absolute Gasteiger partial charge is 0.337 e. The number of benzene rings is 1. The van der Waals surface area contributed by atoms with E-state index in [0.717, 1.165) is 37.8 Å². The average molecular weight is 352 g/mol. The molecule has 2 N–H and O–H groups in total. The molecule has 0 aliphatic carbocycles. The first kappa shape index (κ1) is 16.9. The van der Waals surface area contributed by atoms with Crippen molar-refractivity contribution < 1.29 is 14.6 Å². The normalized spacial score (nSPS) is 25.2. The molecule has 2 atom stereocenters. The van der Waals surface area contributed by atoms with Crippen molar-refractivity contribution in [2.75, 3.05) is 20.2 Å². The van der Waals surface area contributed by atoms with E-state index in [2.05, 4.69) is 34.2 Å². The monoisotopic (exact) mass is 352 g/mol. The Morgan fingerprint density at radius 3 is 2.92 bits per heavy atom. The number of nitrogens with zero attached hydrogens (tertiary/aromatic N) is 1. The van der Waals surface area contributed by atoms with Crippen LogP contribution >= 0.6 is 0 Å². The number of aliphatic hydroxyl groups is 1. The zero-order valence-electron chi connectivity index (χ0n) is 15.2. The summed E-state index contributed by atoms with van der Waals surface area (Å²) in [7, 11) is 1.35. The number of fused-ring (bicyclic) bond motifs is 5. The highest BCUT2D eigenvalue weighted by Gasteiger charge is 2.40. The third-order valence-corrected chi connectivity index (χ3v) is 5.87. The highest BCUT2D eigenvalue weighted by Crippen LogP contribution is 2.44. The van der Waals surface area contributed by atoms with E-state index in [1.807, 2.05) is 13.0 Å². The van der Waals surface area contributed by atoms with Gasteiger partial charge in [-0.15, -0.1) is 0 Å². The molecule has 0 spiro atoms. The molecule has 5 heteroatoms. The lowest BCUT2D eigenvalue weighted by Gasteiger charge is -2.43. The van der Waals surface area contributed by atoms with Gasteiger partial charge in [0.15, 0.2) is 0 Å².